The van der Waals surface area contributed by atoms with Crippen molar-refractivity contribution in [3.05, 3.63) is 29.8 Å². The first-order valence-corrected chi connectivity index (χ1v) is 7.67. The first-order valence-electron chi connectivity index (χ1n) is 7.67. The Morgan fingerprint density at radius 2 is 2.05 bits per heavy atom. The minimum absolute atomic E-state index is 0.0887. The summed E-state index contributed by atoms with van der Waals surface area (Å²) in [5.41, 5.74) is 1.32. The van der Waals surface area contributed by atoms with E-state index in [0.29, 0.717) is 6.61 Å². The fourth-order valence-corrected chi connectivity index (χ4v) is 3.09. The van der Waals surface area contributed by atoms with Gasteiger partial charge in [0.15, 0.2) is 0 Å². The van der Waals surface area contributed by atoms with Gasteiger partial charge in [0.25, 0.3) is 0 Å². The van der Waals surface area contributed by atoms with Crippen LogP contribution >= 0.6 is 0 Å². The molecule has 1 atom stereocenters. The van der Waals surface area contributed by atoms with Crippen molar-refractivity contribution in [2.45, 2.75) is 45.1 Å². The molecule has 3 heteroatoms. The van der Waals surface area contributed by atoms with E-state index in [1.54, 1.807) is 7.11 Å². The lowest BCUT2D eigenvalue weighted by molar-refractivity contribution is 0.0789. The Hall–Kier alpha value is -1.06. The quantitative estimate of drug-likeness (QED) is 0.838. The number of benzene rings is 1. The zero-order valence-electron chi connectivity index (χ0n) is 12.7. The summed E-state index contributed by atoms with van der Waals surface area (Å²) >= 11 is 0. The molecule has 1 aliphatic rings. The molecule has 0 spiro atoms. The van der Waals surface area contributed by atoms with Crippen molar-refractivity contribution in [3.8, 4) is 5.75 Å². The van der Waals surface area contributed by atoms with E-state index in [1.165, 1.54) is 24.8 Å². The minimum Gasteiger partial charge on any atom is -0.497 e. The monoisotopic (exact) mass is 277 g/mol. The van der Waals surface area contributed by atoms with Crippen LogP contribution in [-0.2, 0) is 0 Å². The zero-order chi connectivity index (χ0) is 14.4. The van der Waals surface area contributed by atoms with Crippen molar-refractivity contribution in [2.24, 2.45) is 5.41 Å². The van der Waals surface area contributed by atoms with Gasteiger partial charge in [-0.25, -0.2) is 0 Å². The maximum atomic E-state index is 9.75. The molecular formula is C17H27NO2. The molecule has 0 bridgehead atoms. The highest BCUT2D eigenvalue weighted by atomic mass is 16.5. The van der Waals surface area contributed by atoms with Gasteiger partial charge in [-0.1, -0.05) is 31.4 Å². The van der Waals surface area contributed by atoms with Crippen LogP contribution in [0.2, 0.25) is 0 Å². The number of aliphatic hydroxyl groups is 1. The SMILES string of the molecule is COc1cccc([C@@H](C)NCC2(CO)CCCCC2)c1. The third-order valence-electron chi connectivity index (χ3n) is 4.63. The molecule has 20 heavy (non-hydrogen) atoms. The second kappa shape index (κ2) is 7.09. The molecule has 3 nitrogen and oxygen atoms in total. The van der Waals surface area contributed by atoms with E-state index in [2.05, 4.69) is 24.4 Å². The standard InChI is InChI=1S/C17H27NO2/c1-14(15-7-6-8-16(11-15)20-2)18-12-17(13-19)9-4-3-5-10-17/h6-8,11,14,18-19H,3-5,9-10,12-13H2,1-2H3/t14-/m1/s1. The van der Waals surface area contributed by atoms with Crippen LogP contribution in [0.15, 0.2) is 24.3 Å². The molecule has 2 N–H and O–H groups in total. The molecule has 0 aromatic heterocycles. The van der Waals surface area contributed by atoms with Crippen molar-refractivity contribution in [1.82, 2.24) is 5.32 Å². The summed E-state index contributed by atoms with van der Waals surface area (Å²) in [5, 5.41) is 13.3. The summed E-state index contributed by atoms with van der Waals surface area (Å²) in [6, 6.07) is 8.45. The molecule has 1 aliphatic carbocycles. The van der Waals surface area contributed by atoms with Crippen LogP contribution in [0.25, 0.3) is 0 Å². The van der Waals surface area contributed by atoms with Crippen molar-refractivity contribution in [1.29, 1.82) is 0 Å². The van der Waals surface area contributed by atoms with E-state index in [4.69, 9.17) is 4.74 Å². The van der Waals surface area contributed by atoms with E-state index in [-0.39, 0.29) is 11.5 Å². The first-order chi connectivity index (χ1) is 9.69. The molecular weight excluding hydrogens is 250 g/mol. The Morgan fingerprint density at radius 1 is 1.30 bits per heavy atom. The Kier molecular flexibility index (Phi) is 5.44. The average molecular weight is 277 g/mol. The molecule has 0 radical (unpaired) electrons. The third kappa shape index (κ3) is 3.74. The van der Waals surface area contributed by atoms with Crippen molar-refractivity contribution in [2.75, 3.05) is 20.3 Å². The second-order valence-corrected chi connectivity index (χ2v) is 6.10. The number of hydrogen-bond acceptors (Lipinski definition) is 3. The summed E-state index contributed by atoms with van der Waals surface area (Å²) in [4.78, 5) is 0. The van der Waals surface area contributed by atoms with E-state index in [9.17, 15) is 5.11 Å². The molecule has 112 valence electrons. The van der Waals surface area contributed by atoms with E-state index >= 15 is 0 Å². The van der Waals surface area contributed by atoms with Crippen LogP contribution in [-0.4, -0.2) is 25.4 Å². The summed E-state index contributed by atoms with van der Waals surface area (Å²) < 4.78 is 5.27. The smallest absolute Gasteiger partial charge is 0.119 e. The highest BCUT2D eigenvalue weighted by Crippen LogP contribution is 2.35. The Balaban J connectivity index is 1.94. The van der Waals surface area contributed by atoms with Gasteiger partial charge in [-0.3, -0.25) is 0 Å². The molecule has 1 saturated carbocycles. The van der Waals surface area contributed by atoms with Crippen molar-refractivity contribution < 1.29 is 9.84 Å². The number of aliphatic hydroxyl groups excluding tert-OH is 1. The number of methoxy groups -OCH3 is 1. The van der Waals surface area contributed by atoms with E-state index < -0.39 is 0 Å². The van der Waals surface area contributed by atoms with Crippen LogP contribution < -0.4 is 10.1 Å². The molecule has 0 saturated heterocycles. The summed E-state index contributed by atoms with van der Waals surface area (Å²) in [5.74, 6) is 0.894. The van der Waals surface area contributed by atoms with Gasteiger partial charge in [-0.2, -0.15) is 0 Å². The normalized spacial score (nSPS) is 19.6. The van der Waals surface area contributed by atoms with Gasteiger partial charge < -0.3 is 15.2 Å². The molecule has 1 aromatic carbocycles. The highest BCUT2D eigenvalue weighted by molar-refractivity contribution is 5.30. The topological polar surface area (TPSA) is 41.5 Å². The lowest BCUT2D eigenvalue weighted by Gasteiger charge is -2.36. The predicted octanol–water partition coefficient (Wildman–Crippen LogP) is 3.29. The molecule has 2 rings (SSSR count). The zero-order valence-corrected chi connectivity index (χ0v) is 12.7. The van der Waals surface area contributed by atoms with Crippen LogP contribution in [0.5, 0.6) is 5.75 Å². The van der Waals surface area contributed by atoms with Crippen LogP contribution in [0.4, 0.5) is 0 Å². The van der Waals surface area contributed by atoms with Crippen molar-refractivity contribution >= 4 is 0 Å². The van der Waals surface area contributed by atoms with Gasteiger partial charge >= 0.3 is 0 Å². The summed E-state index contributed by atoms with van der Waals surface area (Å²) in [6.07, 6.45) is 6.08. The third-order valence-corrected chi connectivity index (χ3v) is 4.63. The van der Waals surface area contributed by atoms with Crippen LogP contribution in [0.3, 0.4) is 0 Å². The molecule has 0 amide bonds. The number of hydrogen-bond donors (Lipinski definition) is 2. The second-order valence-electron chi connectivity index (χ2n) is 6.10. The van der Waals surface area contributed by atoms with Crippen LogP contribution in [0.1, 0.15) is 50.6 Å². The van der Waals surface area contributed by atoms with Gasteiger partial charge in [0.05, 0.1) is 7.11 Å². The lowest BCUT2D eigenvalue weighted by Crippen LogP contribution is -2.39. The van der Waals surface area contributed by atoms with Crippen LogP contribution in [0, 0.1) is 5.41 Å². The van der Waals surface area contributed by atoms with Gasteiger partial charge in [0.2, 0.25) is 0 Å². The Labute approximate surface area is 122 Å². The Bertz CT molecular complexity index is 413. The molecule has 0 heterocycles. The fraction of sp³-hybridized carbons (Fsp3) is 0.647. The van der Waals surface area contributed by atoms with Gasteiger partial charge in [0, 0.05) is 24.6 Å². The largest absolute Gasteiger partial charge is 0.497 e. The number of rotatable bonds is 6. The average Bonchev–Trinajstić information content (AvgIpc) is 2.53. The van der Waals surface area contributed by atoms with Gasteiger partial charge in [0.1, 0.15) is 5.75 Å². The summed E-state index contributed by atoms with van der Waals surface area (Å²) in [7, 11) is 1.69. The molecule has 1 aromatic rings. The number of ether oxygens (including phenoxy) is 1. The predicted molar refractivity (Wildman–Crippen MR) is 82.0 cm³/mol. The molecule has 1 fully saturated rings. The fourth-order valence-electron chi connectivity index (χ4n) is 3.09. The Morgan fingerprint density at radius 3 is 2.70 bits per heavy atom. The first kappa shape index (κ1) is 15.3. The maximum absolute atomic E-state index is 9.75. The van der Waals surface area contributed by atoms with E-state index in [1.807, 2.05) is 12.1 Å². The number of nitrogens with one attached hydrogen (secondary N) is 1. The summed E-state index contributed by atoms with van der Waals surface area (Å²) in [6.45, 7) is 3.36. The lowest BCUT2D eigenvalue weighted by atomic mass is 9.74. The minimum atomic E-state index is 0.0887. The molecule has 0 unspecified atom stereocenters. The van der Waals surface area contributed by atoms with Gasteiger partial charge in [-0.15, -0.1) is 0 Å². The molecule has 0 aliphatic heterocycles. The highest BCUT2D eigenvalue weighted by Gasteiger charge is 2.31. The van der Waals surface area contributed by atoms with Gasteiger partial charge in [-0.05, 0) is 37.5 Å². The maximum Gasteiger partial charge on any atom is 0.119 e. The van der Waals surface area contributed by atoms with E-state index in [0.717, 1.165) is 25.1 Å². The van der Waals surface area contributed by atoms with Crippen molar-refractivity contribution in [3.63, 3.8) is 0 Å².